The van der Waals surface area contributed by atoms with E-state index >= 15 is 0 Å². The number of ether oxygens (including phenoxy) is 1. The van der Waals surface area contributed by atoms with E-state index in [1.807, 2.05) is 54.6 Å². The van der Waals surface area contributed by atoms with Crippen LogP contribution in [0.5, 0.6) is 5.75 Å². The van der Waals surface area contributed by atoms with E-state index in [1.54, 1.807) is 6.20 Å². The van der Waals surface area contributed by atoms with E-state index in [9.17, 15) is 9.90 Å². The summed E-state index contributed by atoms with van der Waals surface area (Å²) in [6, 6.07) is 17.4. The first-order valence-corrected chi connectivity index (χ1v) is 8.90. The number of fused-ring (bicyclic) bond motifs is 1. The average molecular weight is 376 g/mol. The molecule has 0 bridgehead atoms. The van der Waals surface area contributed by atoms with Gasteiger partial charge in [-0.2, -0.15) is 0 Å². The van der Waals surface area contributed by atoms with E-state index in [0.717, 1.165) is 11.1 Å². The number of benzene rings is 2. The number of hydrogen-bond donors (Lipinski definition) is 4. The van der Waals surface area contributed by atoms with E-state index < -0.39 is 0 Å². The largest absolute Gasteiger partial charge is 0.489 e. The Bertz CT molecular complexity index is 1150. The molecule has 0 aliphatic heterocycles. The third-order valence-electron chi connectivity index (χ3n) is 4.65. The fourth-order valence-electron chi connectivity index (χ4n) is 3.26. The Morgan fingerprint density at radius 2 is 1.96 bits per heavy atom. The van der Waals surface area contributed by atoms with Gasteiger partial charge in [-0.05, 0) is 23.3 Å². The molecule has 1 atom stereocenters. The summed E-state index contributed by atoms with van der Waals surface area (Å²) < 4.78 is 5.89. The topological polar surface area (TPSA) is 117 Å². The van der Waals surface area contributed by atoms with E-state index in [-0.39, 0.29) is 24.0 Å². The molecule has 0 radical (unpaired) electrons. The second kappa shape index (κ2) is 7.58. The first-order chi connectivity index (χ1) is 13.7. The fourth-order valence-corrected chi connectivity index (χ4v) is 3.26. The van der Waals surface area contributed by atoms with Crippen molar-refractivity contribution in [1.29, 1.82) is 0 Å². The van der Waals surface area contributed by atoms with Crippen LogP contribution < -0.4 is 16.0 Å². The van der Waals surface area contributed by atoms with Gasteiger partial charge in [-0.25, -0.2) is 4.98 Å². The zero-order valence-electron chi connectivity index (χ0n) is 15.1. The lowest BCUT2D eigenvalue weighted by Gasteiger charge is -2.15. The van der Waals surface area contributed by atoms with Gasteiger partial charge in [0.25, 0.3) is 5.56 Å². The number of rotatable bonds is 6. The van der Waals surface area contributed by atoms with Crippen LogP contribution in [-0.4, -0.2) is 26.7 Å². The highest BCUT2D eigenvalue weighted by Crippen LogP contribution is 2.30. The molecule has 142 valence electrons. The Morgan fingerprint density at radius 3 is 2.75 bits per heavy atom. The van der Waals surface area contributed by atoms with Crippen molar-refractivity contribution in [3.63, 3.8) is 0 Å². The van der Waals surface area contributed by atoms with Crippen LogP contribution in [0.2, 0.25) is 0 Å². The van der Waals surface area contributed by atoms with Crippen LogP contribution >= 0.6 is 0 Å². The van der Waals surface area contributed by atoms with Crippen molar-refractivity contribution in [1.82, 2.24) is 15.0 Å². The monoisotopic (exact) mass is 376 g/mol. The number of hydrogen-bond acceptors (Lipinski definition) is 5. The van der Waals surface area contributed by atoms with Gasteiger partial charge in [-0.1, -0.05) is 42.5 Å². The van der Waals surface area contributed by atoms with Gasteiger partial charge in [0, 0.05) is 17.7 Å². The molecule has 28 heavy (non-hydrogen) atoms. The van der Waals surface area contributed by atoms with Gasteiger partial charge in [-0.15, -0.1) is 0 Å². The van der Waals surface area contributed by atoms with E-state index in [2.05, 4.69) is 15.0 Å². The molecular formula is C21H20N4O3. The maximum absolute atomic E-state index is 12.0. The van der Waals surface area contributed by atoms with Gasteiger partial charge in [0.1, 0.15) is 23.4 Å². The van der Waals surface area contributed by atoms with Crippen molar-refractivity contribution in [2.24, 2.45) is 0 Å². The summed E-state index contributed by atoms with van der Waals surface area (Å²) in [5, 5.41) is 10.0. The number of aromatic nitrogens is 3. The number of nitrogen functional groups attached to an aromatic ring is 1. The smallest absolute Gasteiger partial charge is 0.276 e. The van der Waals surface area contributed by atoms with E-state index in [1.165, 1.54) is 0 Å². The molecule has 4 aromatic rings. The molecule has 2 heterocycles. The van der Waals surface area contributed by atoms with Gasteiger partial charge < -0.3 is 20.6 Å². The second-order valence-electron chi connectivity index (χ2n) is 6.50. The number of nitrogens with zero attached hydrogens (tertiary/aromatic N) is 1. The van der Waals surface area contributed by atoms with Crippen LogP contribution in [0.1, 0.15) is 22.6 Å². The number of nitrogens with two attached hydrogens (primary N) is 1. The molecule has 0 amide bonds. The maximum atomic E-state index is 12.0. The zero-order valence-corrected chi connectivity index (χ0v) is 15.1. The standard InChI is InChI=1S/C21H20N4O3/c22-21-24-18-16(10-23-19(18)20(27)25-21)17(11-26)14-7-4-8-15(9-14)28-12-13-5-2-1-3-6-13/h1-10,17,23,26H,11-12H2,(H3,22,24,25,27). The predicted molar refractivity (Wildman–Crippen MR) is 107 cm³/mol. The van der Waals surface area contributed by atoms with E-state index in [4.69, 9.17) is 10.5 Å². The number of aliphatic hydroxyl groups excluding tert-OH is 1. The van der Waals surface area contributed by atoms with Crippen LogP contribution in [0.4, 0.5) is 5.95 Å². The minimum Gasteiger partial charge on any atom is -0.489 e. The SMILES string of the molecule is Nc1nc2c(C(CO)c3cccc(OCc4ccccc4)c3)c[nH]c2c(=O)[nH]1. The Labute approximate surface area is 160 Å². The fraction of sp³-hybridized carbons (Fsp3) is 0.143. The zero-order chi connectivity index (χ0) is 19.5. The Balaban J connectivity index is 1.65. The van der Waals surface area contributed by atoms with Gasteiger partial charge in [0.15, 0.2) is 0 Å². The minimum absolute atomic E-state index is 0.0370. The molecule has 7 heteroatoms. The average Bonchev–Trinajstić information content (AvgIpc) is 3.12. The van der Waals surface area contributed by atoms with Crippen LogP contribution in [0, 0.1) is 0 Å². The molecule has 0 spiro atoms. The van der Waals surface area contributed by atoms with Crippen LogP contribution in [0.25, 0.3) is 11.0 Å². The molecule has 5 N–H and O–H groups in total. The summed E-state index contributed by atoms with van der Waals surface area (Å²) >= 11 is 0. The maximum Gasteiger partial charge on any atom is 0.276 e. The molecule has 0 saturated carbocycles. The van der Waals surface area contributed by atoms with Gasteiger partial charge in [0.2, 0.25) is 5.95 Å². The van der Waals surface area contributed by atoms with Crippen molar-refractivity contribution < 1.29 is 9.84 Å². The summed E-state index contributed by atoms with van der Waals surface area (Å²) in [7, 11) is 0. The predicted octanol–water partition coefficient (Wildman–Crippen LogP) is 2.54. The normalized spacial score (nSPS) is 12.2. The molecule has 0 fully saturated rings. The lowest BCUT2D eigenvalue weighted by molar-refractivity contribution is 0.279. The summed E-state index contributed by atoms with van der Waals surface area (Å²) in [6.45, 7) is 0.304. The highest BCUT2D eigenvalue weighted by Gasteiger charge is 2.20. The first kappa shape index (κ1) is 17.8. The number of H-pyrrole nitrogens is 2. The minimum atomic E-state index is -0.372. The lowest BCUT2D eigenvalue weighted by atomic mass is 9.93. The quantitative estimate of drug-likeness (QED) is 0.413. The van der Waals surface area contributed by atoms with Crippen molar-refractivity contribution >= 4 is 17.0 Å². The molecule has 1 unspecified atom stereocenters. The third kappa shape index (κ3) is 3.47. The number of anilines is 1. The molecular weight excluding hydrogens is 356 g/mol. The van der Waals surface area contributed by atoms with Gasteiger partial charge in [-0.3, -0.25) is 9.78 Å². The summed E-state index contributed by atoms with van der Waals surface area (Å²) in [5.41, 5.74) is 8.77. The molecule has 0 aliphatic carbocycles. The van der Waals surface area contributed by atoms with Crippen LogP contribution in [0.3, 0.4) is 0 Å². The molecule has 0 saturated heterocycles. The van der Waals surface area contributed by atoms with Crippen molar-refractivity contribution in [3.05, 3.63) is 87.8 Å². The van der Waals surface area contributed by atoms with Crippen molar-refractivity contribution in [3.8, 4) is 5.75 Å². The Hall–Kier alpha value is -3.58. The molecule has 2 aromatic heterocycles. The van der Waals surface area contributed by atoms with Gasteiger partial charge in [0.05, 0.1) is 6.61 Å². The lowest BCUT2D eigenvalue weighted by Crippen LogP contribution is -2.12. The highest BCUT2D eigenvalue weighted by atomic mass is 16.5. The number of nitrogens with one attached hydrogen (secondary N) is 2. The van der Waals surface area contributed by atoms with E-state index in [0.29, 0.717) is 29.0 Å². The second-order valence-corrected chi connectivity index (χ2v) is 6.50. The Kier molecular flexibility index (Phi) is 4.82. The van der Waals surface area contributed by atoms with Gasteiger partial charge >= 0.3 is 0 Å². The van der Waals surface area contributed by atoms with Crippen molar-refractivity contribution in [2.45, 2.75) is 12.5 Å². The Morgan fingerprint density at radius 1 is 1.14 bits per heavy atom. The molecule has 0 aliphatic rings. The van der Waals surface area contributed by atoms with Crippen LogP contribution in [-0.2, 0) is 6.61 Å². The number of aliphatic hydroxyl groups is 1. The van der Waals surface area contributed by atoms with Crippen molar-refractivity contribution in [2.75, 3.05) is 12.3 Å². The number of aromatic amines is 2. The summed E-state index contributed by atoms with van der Waals surface area (Å²) in [5.74, 6) is 0.364. The van der Waals surface area contributed by atoms with Crippen LogP contribution in [0.15, 0.2) is 65.6 Å². The molecule has 4 rings (SSSR count). The first-order valence-electron chi connectivity index (χ1n) is 8.90. The molecule has 7 nitrogen and oxygen atoms in total. The summed E-state index contributed by atoms with van der Waals surface area (Å²) in [4.78, 5) is 21.7. The molecule has 2 aromatic carbocycles. The third-order valence-corrected chi connectivity index (χ3v) is 4.65. The summed E-state index contributed by atoms with van der Waals surface area (Å²) in [6.07, 6.45) is 1.69. The highest BCUT2D eigenvalue weighted by molar-refractivity contribution is 5.80.